The maximum Gasteiger partial charge on any atom is 0.138 e. The van der Waals surface area contributed by atoms with Crippen LogP contribution in [0.1, 0.15) is 17.5 Å². The van der Waals surface area contributed by atoms with Crippen molar-refractivity contribution in [2.75, 3.05) is 13.1 Å². The van der Waals surface area contributed by atoms with Gasteiger partial charge < -0.3 is 0 Å². The van der Waals surface area contributed by atoms with Crippen molar-refractivity contribution in [2.45, 2.75) is 19.4 Å². The fraction of sp³-hybridized carbons (Fsp3) is 0.316. The molecule has 1 fully saturated rings. The van der Waals surface area contributed by atoms with E-state index < -0.39 is 0 Å². The minimum absolute atomic E-state index is 0.143. The standard InChI is InChI=1S/C19H21NO/c21-19-11-12-20(14-17-9-5-2-6-10-17)15-18(19)13-16-7-3-1-4-8-16/h1-10,18H,11-15H2/t18-/m1/s1. The summed E-state index contributed by atoms with van der Waals surface area (Å²) in [6.45, 7) is 2.71. The molecule has 1 atom stereocenters. The maximum atomic E-state index is 12.2. The molecule has 21 heavy (non-hydrogen) atoms. The maximum absolute atomic E-state index is 12.2. The Morgan fingerprint density at radius 2 is 1.52 bits per heavy atom. The largest absolute Gasteiger partial charge is 0.299 e. The van der Waals surface area contributed by atoms with Crippen molar-refractivity contribution >= 4 is 5.78 Å². The Bertz CT molecular complexity index is 579. The SMILES string of the molecule is O=C1CCN(Cc2ccccc2)C[C@H]1Cc1ccccc1. The van der Waals surface area contributed by atoms with E-state index in [4.69, 9.17) is 0 Å². The number of hydrogen-bond donors (Lipinski definition) is 0. The number of Topliss-reactive ketones (excluding diaryl/α,β-unsaturated/α-hetero) is 1. The van der Waals surface area contributed by atoms with Crippen LogP contribution in [0.2, 0.25) is 0 Å². The summed E-state index contributed by atoms with van der Waals surface area (Å²) in [5.74, 6) is 0.563. The van der Waals surface area contributed by atoms with E-state index in [1.807, 2.05) is 24.3 Å². The molecule has 0 saturated carbocycles. The monoisotopic (exact) mass is 279 g/mol. The molecular formula is C19H21NO. The number of likely N-dealkylation sites (tertiary alicyclic amines) is 1. The summed E-state index contributed by atoms with van der Waals surface area (Å²) >= 11 is 0. The van der Waals surface area contributed by atoms with E-state index in [9.17, 15) is 4.79 Å². The highest BCUT2D eigenvalue weighted by Crippen LogP contribution is 2.19. The first-order chi connectivity index (χ1) is 10.3. The van der Waals surface area contributed by atoms with Gasteiger partial charge in [-0.25, -0.2) is 0 Å². The first-order valence-electron chi connectivity index (χ1n) is 7.64. The highest BCUT2D eigenvalue weighted by atomic mass is 16.1. The Morgan fingerprint density at radius 3 is 2.19 bits per heavy atom. The molecule has 1 saturated heterocycles. The molecule has 1 heterocycles. The summed E-state index contributed by atoms with van der Waals surface area (Å²) in [6, 6.07) is 20.8. The Balaban J connectivity index is 1.63. The van der Waals surface area contributed by atoms with E-state index in [1.54, 1.807) is 0 Å². The van der Waals surface area contributed by atoms with Gasteiger partial charge >= 0.3 is 0 Å². The summed E-state index contributed by atoms with van der Waals surface area (Å²) in [5.41, 5.74) is 2.59. The molecule has 3 rings (SSSR count). The second-order valence-electron chi connectivity index (χ2n) is 5.82. The van der Waals surface area contributed by atoms with Gasteiger partial charge in [-0.3, -0.25) is 9.69 Å². The van der Waals surface area contributed by atoms with Crippen molar-refractivity contribution in [1.82, 2.24) is 4.90 Å². The molecule has 0 spiro atoms. The van der Waals surface area contributed by atoms with Crippen LogP contribution in [0, 0.1) is 5.92 Å². The molecule has 0 N–H and O–H groups in total. The number of hydrogen-bond acceptors (Lipinski definition) is 2. The third-order valence-corrected chi connectivity index (χ3v) is 4.18. The van der Waals surface area contributed by atoms with Crippen molar-refractivity contribution in [3.8, 4) is 0 Å². The Hall–Kier alpha value is -1.93. The van der Waals surface area contributed by atoms with Gasteiger partial charge in [0.05, 0.1) is 0 Å². The molecule has 0 aliphatic carbocycles. The van der Waals surface area contributed by atoms with Gasteiger partial charge in [-0.05, 0) is 17.5 Å². The highest BCUT2D eigenvalue weighted by Gasteiger charge is 2.27. The zero-order valence-electron chi connectivity index (χ0n) is 12.2. The van der Waals surface area contributed by atoms with Crippen LogP contribution in [-0.4, -0.2) is 23.8 Å². The van der Waals surface area contributed by atoms with Crippen LogP contribution in [0.15, 0.2) is 60.7 Å². The summed E-state index contributed by atoms with van der Waals surface area (Å²) in [4.78, 5) is 14.6. The summed E-state index contributed by atoms with van der Waals surface area (Å²) in [7, 11) is 0. The lowest BCUT2D eigenvalue weighted by Crippen LogP contribution is -2.41. The molecule has 0 amide bonds. The van der Waals surface area contributed by atoms with Crippen molar-refractivity contribution in [1.29, 1.82) is 0 Å². The van der Waals surface area contributed by atoms with E-state index in [2.05, 4.69) is 41.3 Å². The predicted octanol–water partition coefficient (Wildman–Crippen LogP) is 3.32. The zero-order chi connectivity index (χ0) is 14.5. The van der Waals surface area contributed by atoms with E-state index in [0.29, 0.717) is 12.2 Å². The first kappa shape index (κ1) is 14.0. The summed E-state index contributed by atoms with van der Waals surface area (Å²) < 4.78 is 0. The van der Waals surface area contributed by atoms with Crippen molar-refractivity contribution in [2.24, 2.45) is 5.92 Å². The minimum atomic E-state index is 0.143. The molecule has 2 aromatic carbocycles. The van der Waals surface area contributed by atoms with E-state index in [1.165, 1.54) is 11.1 Å². The molecule has 2 heteroatoms. The topological polar surface area (TPSA) is 20.3 Å². The highest BCUT2D eigenvalue weighted by molar-refractivity contribution is 5.82. The van der Waals surface area contributed by atoms with E-state index in [0.717, 1.165) is 26.1 Å². The van der Waals surface area contributed by atoms with Gasteiger partial charge in [0.25, 0.3) is 0 Å². The zero-order valence-corrected chi connectivity index (χ0v) is 12.2. The van der Waals surface area contributed by atoms with Gasteiger partial charge in [0.2, 0.25) is 0 Å². The van der Waals surface area contributed by atoms with Crippen LogP contribution in [0.3, 0.4) is 0 Å². The van der Waals surface area contributed by atoms with Crippen LogP contribution in [0.25, 0.3) is 0 Å². The average Bonchev–Trinajstić information content (AvgIpc) is 2.53. The van der Waals surface area contributed by atoms with Crippen molar-refractivity contribution in [3.05, 3.63) is 71.8 Å². The molecular weight excluding hydrogens is 258 g/mol. The molecule has 0 radical (unpaired) electrons. The molecule has 1 aliphatic rings. The van der Waals surface area contributed by atoms with Crippen LogP contribution < -0.4 is 0 Å². The van der Waals surface area contributed by atoms with E-state index in [-0.39, 0.29) is 5.92 Å². The van der Waals surface area contributed by atoms with Crippen molar-refractivity contribution in [3.63, 3.8) is 0 Å². The summed E-state index contributed by atoms with van der Waals surface area (Å²) in [6.07, 6.45) is 1.55. The van der Waals surface area contributed by atoms with Gasteiger partial charge in [0.1, 0.15) is 5.78 Å². The van der Waals surface area contributed by atoms with Gasteiger partial charge in [-0.15, -0.1) is 0 Å². The molecule has 1 aliphatic heterocycles. The number of ketones is 1. The third-order valence-electron chi connectivity index (χ3n) is 4.18. The number of benzene rings is 2. The average molecular weight is 279 g/mol. The Morgan fingerprint density at radius 1 is 0.905 bits per heavy atom. The molecule has 0 bridgehead atoms. The smallest absolute Gasteiger partial charge is 0.138 e. The van der Waals surface area contributed by atoms with E-state index >= 15 is 0 Å². The number of piperidine rings is 1. The minimum Gasteiger partial charge on any atom is -0.299 e. The van der Waals surface area contributed by atoms with Crippen molar-refractivity contribution < 1.29 is 4.79 Å². The molecule has 108 valence electrons. The molecule has 2 aromatic rings. The Kier molecular flexibility index (Phi) is 4.46. The predicted molar refractivity (Wildman–Crippen MR) is 85.0 cm³/mol. The van der Waals surface area contributed by atoms with Gasteiger partial charge in [-0.2, -0.15) is 0 Å². The fourth-order valence-electron chi connectivity index (χ4n) is 3.04. The Labute approximate surface area is 126 Å². The lowest BCUT2D eigenvalue weighted by Gasteiger charge is -2.31. The van der Waals surface area contributed by atoms with Crippen LogP contribution in [0.4, 0.5) is 0 Å². The van der Waals surface area contributed by atoms with Crippen LogP contribution in [-0.2, 0) is 17.8 Å². The summed E-state index contributed by atoms with van der Waals surface area (Å²) in [5, 5.41) is 0. The lowest BCUT2D eigenvalue weighted by atomic mass is 9.90. The first-order valence-corrected chi connectivity index (χ1v) is 7.64. The molecule has 2 nitrogen and oxygen atoms in total. The lowest BCUT2D eigenvalue weighted by molar-refractivity contribution is -0.126. The number of carbonyl (C=O) groups is 1. The number of rotatable bonds is 4. The normalized spacial score (nSPS) is 19.6. The second kappa shape index (κ2) is 6.68. The molecule has 0 aromatic heterocycles. The number of nitrogens with zero attached hydrogens (tertiary/aromatic N) is 1. The molecule has 0 unspecified atom stereocenters. The van der Waals surface area contributed by atoms with Crippen LogP contribution in [0.5, 0.6) is 0 Å². The second-order valence-corrected chi connectivity index (χ2v) is 5.82. The van der Waals surface area contributed by atoms with Gasteiger partial charge in [0.15, 0.2) is 0 Å². The van der Waals surface area contributed by atoms with Gasteiger partial charge in [0, 0.05) is 32.0 Å². The van der Waals surface area contributed by atoms with Gasteiger partial charge in [-0.1, -0.05) is 60.7 Å². The quantitative estimate of drug-likeness (QED) is 0.855. The third kappa shape index (κ3) is 3.79. The number of carbonyl (C=O) groups excluding carboxylic acids is 1. The fourth-order valence-corrected chi connectivity index (χ4v) is 3.04. The van der Waals surface area contributed by atoms with Crippen LogP contribution >= 0.6 is 0 Å².